The number of hydrogen-bond donors (Lipinski definition) is 1. The third-order valence-electron chi connectivity index (χ3n) is 3.25. The summed E-state index contributed by atoms with van der Waals surface area (Å²) in [6.45, 7) is 2.02. The van der Waals surface area contributed by atoms with Gasteiger partial charge in [-0.1, -0.05) is 6.07 Å². The number of carbonyl (C=O) groups excluding carboxylic acids is 1. The number of carbonyl (C=O) groups is 1. The second-order valence-corrected chi connectivity index (χ2v) is 6.60. The summed E-state index contributed by atoms with van der Waals surface area (Å²) in [6, 6.07) is 9.07. The van der Waals surface area contributed by atoms with Crippen molar-refractivity contribution < 1.29 is 9.90 Å². The molecule has 1 heterocycles. The molecule has 5 heteroatoms. The summed E-state index contributed by atoms with van der Waals surface area (Å²) in [5.74, 6) is -0.00739. The normalized spacial score (nSPS) is 12.2. The summed E-state index contributed by atoms with van der Waals surface area (Å²) >= 11 is 4.91. The average molecular weight is 354 g/mol. The second-order valence-electron chi connectivity index (χ2n) is 4.71. The van der Waals surface area contributed by atoms with Crippen molar-refractivity contribution >= 4 is 33.2 Å². The summed E-state index contributed by atoms with van der Waals surface area (Å²) in [7, 11) is 1.79. The quantitative estimate of drug-likeness (QED) is 0.904. The molecule has 0 aliphatic rings. The molecule has 2 rings (SSSR count). The topological polar surface area (TPSA) is 40.5 Å². The molecule has 1 atom stereocenters. The monoisotopic (exact) mass is 353 g/mol. The molecule has 3 nitrogen and oxygen atoms in total. The van der Waals surface area contributed by atoms with Crippen molar-refractivity contribution in [3.63, 3.8) is 0 Å². The molecule has 0 aliphatic heterocycles. The average Bonchev–Trinajstić information content (AvgIpc) is 2.93. The first-order valence-electron chi connectivity index (χ1n) is 6.27. The number of halogens is 1. The molecular formula is C15H16BrNO2S. The van der Waals surface area contributed by atoms with Crippen LogP contribution in [0, 0.1) is 0 Å². The molecular weight excluding hydrogens is 338 g/mol. The fourth-order valence-electron chi connectivity index (χ4n) is 1.91. The zero-order valence-corrected chi connectivity index (χ0v) is 13.7. The van der Waals surface area contributed by atoms with E-state index in [1.165, 1.54) is 10.9 Å². The van der Waals surface area contributed by atoms with Crippen molar-refractivity contribution in [1.29, 1.82) is 0 Å². The predicted molar refractivity (Wildman–Crippen MR) is 85.4 cm³/mol. The minimum atomic E-state index is -0.0862. The van der Waals surface area contributed by atoms with Crippen molar-refractivity contribution in [2.24, 2.45) is 0 Å². The Bertz CT molecular complexity index is 598. The van der Waals surface area contributed by atoms with Gasteiger partial charge in [0.05, 0.1) is 4.47 Å². The number of rotatable bonds is 4. The molecule has 0 fully saturated rings. The molecule has 0 bridgehead atoms. The number of benzene rings is 1. The standard InChI is InChI=1S/C15H16BrNO2S/c1-10(8-12-4-3-7-20-12)17(2)15(19)11-5-6-13(16)14(18)9-11/h3-7,9-10,18H,8H2,1-2H3. The van der Waals surface area contributed by atoms with Crippen LogP contribution in [0.3, 0.4) is 0 Å². The van der Waals surface area contributed by atoms with E-state index in [2.05, 4.69) is 22.0 Å². The van der Waals surface area contributed by atoms with E-state index in [0.717, 1.165) is 6.42 Å². The fourth-order valence-corrected chi connectivity index (χ4v) is 2.98. The summed E-state index contributed by atoms with van der Waals surface area (Å²) in [6.07, 6.45) is 0.836. The number of nitrogens with zero attached hydrogens (tertiary/aromatic N) is 1. The lowest BCUT2D eigenvalue weighted by Gasteiger charge is -2.24. The summed E-state index contributed by atoms with van der Waals surface area (Å²) < 4.78 is 0.586. The number of hydrogen-bond acceptors (Lipinski definition) is 3. The van der Waals surface area contributed by atoms with E-state index in [1.807, 2.05) is 18.4 Å². The molecule has 20 heavy (non-hydrogen) atoms. The molecule has 0 aliphatic carbocycles. The van der Waals surface area contributed by atoms with Gasteiger partial charge in [0.25, 0.3) is 5.91 Å². The SMILES string of the molecule is CC(Cc1cccs1)N(C)C(=O)c1ccc(Br)c(O)c1. The van der Waals surface area contributed by atoms with Crippen LogP contribution >= 0.6 is 27.3 Å². The smallest absolute Gasteiger partial charge is 0.253 e. The Morgan fingerprint density at radius 3 is 2.80 bits per heavy atom. The lowest BCUT2D eigenvalue weighted by atomic mass is 10.1. The minimum Gasteiger partial charge on any atom is -0.507 e. The highest BCUT2D eigenvalue weighted by molar-refractivity contribution is 9.10. The van der Waals surface area contributed by atoms with E-state index in [9.17, 15) is 9.90 Å². The number of likely N-dealkylation sites (N-methyl/N-ethyl adjacent to an activating group) is 1. The van der Waals surface area contributed by atoms with E-state index >= 15 is 0 Å². The van der Waals surface area contributed by atoms with Gasteiger partial charge in [0.1, 0.15) is 5.75 Å². The highest BCUT2D eigenvalue weighted by atomic mass is 79.9. The van der Waals surface area contributed by atoms with Gasteiger partial charge in [-0.15, -0.1) is 11.3 Å². The fraction of sp³-hybridized carbons (Fsp3) is 0.267. The first-order valence-corrected chi connectivity index (χ1v) is 7.94. The Morgan fingerprint density at radius 2 is 2.20 bits per heavy atom. The van der Waals surface area contributed by atoms with Crippen molar-refractivity contribution in [2.75, 3.05) is 7.05 Å². The Balaban J connectivity index is 2.09. The third kappa shape index (κ3) is 3.41. The van der Waals surface area contributed by atoms with Gasteiger partial charge in [-0.2, -0.15) is 0 Å². The summed E-state index contributed by atoms with van der Waals surface area (Å²) in [5.41, 5.74) is 0.492. The molecule has 1 aromatic heterocycles. The van der Waals surface area contributed by atoms with Crippen LogP contribution in [0.1, 0.15) is 22.2 Å². The van der Waals surface area contributed by atoms with E-state index in [1.54, 1.807) is 35.4 Å². The Morgan fingerprint density at radius 1 is 1.45 bits per heavy atom. The molecule has 106 valence electrons. The molecule has 2 aromatic rings. The van der Waals surface area contributed by atoms with Crippen LogP contribution in [0.5, 0.6) is 5.75 Å². The van der Waals surface area contributed by atoms with Crippen LogP contribution in [0.15, 0.2) is 40.2 Å². The maximum atomic E-state index is 12.4. The predicted octanol–water partition coefficient (Wildman–Crippen LogP) is 3.92. The maximum Gasteiger partial charge on any atom is 0.253 e. The number of aromatic hydroxyl groups is 1. The van der Waals surface area contributed by atoms with Gasteiger partial charge in [-0.05, 0) is 52.5 Å². The van der Waals surface area contributed by atoms with Gasteiger partial charge in [0.15, 0.2) is 0 Å². The molecule has 0 saturated carbocycles. The highest BCUT2D eigenvalue weighted by Crippen LogP contribution is 2.25. The van der Waals surface area contributed by atoms with Crippen LogP contribution in [0.2, 0.25) is 0 Å². The van der Waals surface area contributed by atoms with Crippen molar-refractivity contribution in [3.8, 4) is 5.75 Å². The van der Waals surface area contributed by atoms with Crippen molar-refractivity contribution in [3.05, 3.63) is 50.6 Å². The second kappa shape index (κ2) is 6.41. The zero-order chi connectivity index (χ0) is 14.7. The van der Waals surface area contributed by atoms with Gasteiger partial charge in [-0.3, -0.25) is 4.79 Å². The largest absolute Gasteiger partial charge is 0.507 e. The van der Waals surface area contributed by atoms with Crippen LogP contribution in [-0.4, -0.2) is 29.0 Å². The first kappa shape index (κ1) is 15.1. The van der Waals surface area contributed by atoms with E-state index in [-0.39, 0.29) is 17.7 Å². The molecule has 0 saturated heterocycles. The van der Waals surface area contributed by atoms with Gasteiger partial charge in [0.2, 0.25) is 0 Å². The van der Waals surface area contributed by atoms with Crippen LogP contribution < -0.4 is 0 Å². The van der Waals surface area contributed by atoms with E-state index in [4.69, 9.17) is 0 Å². The van der Waals surface area contributed by atoms with Crippen molar-refractivity contribution in [2.45, 2.75) is 19.4 Å². The van der Waals surface area contributed by atoms with Gasteiger partial charge in [0, 0.05) is 30.0 Å². The molecule has 1 aromatic carbocycles. The number of phenolic OH excluding ortho intramolecular Hbond substituents is 1. The lowest BCUT2D eigenvalue weighted by molar-refractivity contribution is 0.0743. The molecule has 1 N–H and O–H groups in total. The Kier molecular flexibility index (Phi) is 4.83. The lowest BCUT2D eigenvalue weighted by Crippen LogP contribution is -2.36. The van der Waals surface area contributed by atoms with Gasteiger partial charge >= 0.3 is 0 Å². The summed E-state index contributed by atoms with van der Waals surface area (Å²) in [4.78, 5) is 15.4. The first-order chi connectivity index (χ1) is 9.49. The molecule has 1 unspecified atom stereocenters. The van der Waals surface area contributed by atoms with Gasteiger partial charge < -0.3 is 10.0 Å². The number of amides is 1. The Hall–Kier alpha value is -1.33. The molecule has 0 radical (unpaired) electrons. The van der Waals surface area contributed by atoms with Crippen molar-refractivity contribution in [1.82, 2.24) is 4.90 Å². The zero-order valence-electron chi connectivity index (χ0n) is 11.3. The maximum absolute atomic E-state index is 12.4. The third-order valence-corrected chi connectivity index (χ3v) is 4.82. The molecule has 0 spiro atoms. The van der Waals surface area contributed by atoms with Gasteiger partial charge in [-0.25, -0.2) is 0 Å². The van der Waals surface area contributed by atoms with Crippen LogP contribution in [-0.2, 0) is 6.42 Å². The van der Waals surface area contributed by atoms with E-state index < -0.39 is 0 Å². The highest BCUT2D eigenvalue weighted by Gasteiger charge is 2.19. The van der Waals surface area contributed by atoms with E-state index in [0.29, 0.717) is 10.0 Å². The van der Waals surface area contributed by atoms with Crippen LogP contribution in [0.4, 0.5) is 0 Å². The number of thiophene rings is 1. The minimum absolute atomic E-state index is 0.0789. The Labute approximate surface area is 131 Å². The summed E-state index contributed by atoms with van der Waals surface area (Å²) in [5, 5.41) is 11.7. The number of phenols is 1. The van der Waals surface area contributed by atoms with Crippen LogP contribution in [0.25, 0.3) is 0 Å². The molecule has 1 amide bonds.